The normalized spacial score (nSPS) is 6.75. The SMILES string of the molecule is CCC[CH]O.O=[C]O. The van der Waals surface area contributed by atoms with Crippen LogP contribution in [0.1, 0.15) is 19.8 Å². The van der Waals surface area contributed by atoms with Crippen LogP contribution in [0, 0.1) is 6.61 Å². The Balaban J connectivity index is 0. The van der Waals surface area contributed by atoms with E-state index < -0.39 is 0 Å². The quantitative estimate of drug-likeness (QED) is 0.567. The minimum absolute atomic E-state index is 0.500. The summed E-state index contributed by atoms with van der Waals surface area (Å²) in [5.41, 5.74) is 0. The summed E-state index contributed by atoms with van der Waals surface area (Å²) in [6, 6.07) is 0. The number of hydrogen-bond acceptors (Lipinski definition) is 2. The fourth-order valence-electron chi connectivity index (χ4n) is 0.129. The van der Waals surface area contributed by atoms with Crippen molar-refractivity contribution < 1.29 is 15.0 Å². The average molecular weight is 118 g/mol. The third-order valence-corrected chi connectivity index (χ3v) is 0.418. The maximum atomic E-state index is 8.24. The molecule has 0 aliphatic carbocycles. The molecule has 0 fully saturated rings. The Morgan fingerprint density at radius 2 is 2.12 bits per heavy atom. The molecule has 0 unspecified atom stereocenters. The Hall–Kier alpha value is -0.570. The summed E-state index contributed by atoms with van der Waals surface area (Å²) >= 11 is 0. The van der Waals surface area contributed by atoms with Gasteiger partial charge in [0.05, 0.1) is 6.61 Å². The van der Waals surface area contributed by atoms with Crippen molar-refractivity contribution in [3.05, 3.63) is 6.61 Å². The summed E-state index contributed by atoms with van der Waals surface area (Å²) in [5, 5.41) is 14.7. The van der Waals surface area contributed by atoms with Gasteiger partial charge in [0.15, 0.2) is 0 Å². The van der Waals surface area contributed by atoms with Gasteiger partial charge in [-0.05, 0) is 6.42 Å². The van der Waals surface area contributed by atoms with Gasteiger partial charge in [-0.3, -0.25) is 0 Å². The summed E-state index contributed by atoms with van der Waals surface area (Å²) in [4.78, 5) is 8.24. The summed E-state index contributed by atoms with van der Waals surface area (Å²) in [6.45, 7) is 3.70. The third-order valence-electron chi connectivity index (χ3n) is 0.418. The first-order valence-corrected chi connectivity index (χ1v) is 2.30. The van der Waals surface area contributed by atoms with Crippen LogP contribution in [-0.2, 0) is 4.79 Å². The fraction of sp³-hybridized carbons (Fsp3) is 0.600. The number of unbranched alkanes of at least 4 members (excludes halogenated alkanes) is 1. The summed E-state index contributed by atoms with van der Waals surface area (Å²) in [7, 11) is 0. The van der Waals surface area contributed by atoms with Crippen LogP contribution in [0.2, 0.25) is 0 Å². The lowest BCUT2D eigenvalue weighted by Crippen LogP contribution is -1.65. The molecule has 3 nitrogen and oxygen atoms in total. The first-order valence-electron chi connectivity index (χ1n) is 2.30. The molecule has 0 aliphatic rings. The Bertz CT molecular complexity index is 34.7. The van der Waals surface area contributed by atoms with Crippen LogP contribution in [0.3, 0.4) is 0 Å². The standard InChI is InChI=1S/C4H9O.CHO2/c1-2-3-4-5;2-1-3/h4-5H,2-3H2,1H3;(H,2,3). The van der Waals surface area contributed by atoms with Gasteiger partial charge in [-0.15, -0.1) is 0 Å². The molecule has 8 heavy (non-hydrogen) atoms. The molecule has 0 atom stereocenters. The molecule has 0 saturated heterocycles. The first kappa shape index (κ1) is 10.4. The van der Waals surface area contributed by atoms with Crippen molar-refractivity contribution in [2.24, 2.45) is 0 Å². The Morgan fingerprint density at radius 1 is 1.75 bits per heavy atom. The van der Waals surface area contributed by atoms with Crippen LogP contribution in [0.4, 0.5) is 0 Å². The molecule has 0 heterocycles. The van der Waals surface area contributed by atoms with Gasteiger partial charge in [0.2, 0.25) is 0 Å². The topological polar surface area (TPSA) is 57.5 Å². The van der Waals surface area contributed by atoms with E-state index in [9.17, 15) is 0 Å². The van der Waals surface area contributed by atoms with E-state index in [0.29, 0.717) is 6.47 Å². The van der Waals surface area contributed by atoms with Crippen molar-refractivity contribution in [2.75, 3.05) is 0 Å². The lowest BCUT2D eigenvalue weighted by molar-refractivity contribution is 0.373. The molecule has 0 aromatic heterocycles. The maximum Gasteiger partial charge on any atom is 0.414 e. The Labute approximate surface area is 49.0 Å². The van der Waals surface area contributed by atoms with Crippen LogP contribution in [0.25, 0.3) is 0 Å². The van der Waals surface area contributed by atoms with E-state index in [-0.39, 0.29) is 0 Å². The second kappa shape index (κ2) is 16.1. The van der Waals surface area contributed by atoms with Gasteiger partial charge in [-0.2, -0.15) is 0 Å². The predicted molar refractivity (Wildman–Crippen MR) is 29.5 cm³/mol. The van der Waals surface area contributed by atoms with E-state index >= 15 is 0 Å². The zero-order valence-corrected chi connectivity index (χ0v) is 4.79. The van der Waals surface area contributed by atoms with Crippen LogP contribution in [0.5, 0.6) is 0 Å². The second-order valence-electron chi connectivity index (χ2n) is 1.06. The van der Waals surface area contributed by atoms with Gasteiger partial charge >= 0.3 is 6.47 Å². The van der Waals surface area contributed by atoms with E-state index in [4.69, 9.17) is 15.0 Å². The Morgan fingerprint density at radius 3 is 2.12 bits per heavy atom. The molecule has 0 rings (SSSR count). The summed E-state index contributed by atoms with van der Waals surface area (Å²) in [6.07, 6.45) is 1.86. The minimum atomic E-state index is 0.500. The molecule has 0 saturated carbocycles. The van der Waals surface area contributed by atoms with Crippen molar-refractivity contribution in [3.63, 3.8) is 0 Å². The molecule has 2 radical (unpaired) electrons. The van der Waals surface area contributed by atoms with E-state index in [2.05, 4.69) is 0 Å². The highest BCUT2D eigenvalue weighted by atomic mass is 16.3. The average Bonchev–Trinajstić information content (AvgIpc) is 1.71. The first-order chi connectivity index (χ1) is 3.83. The molecule has 3 heteroatoms. The highest BCUT2D eigenvalue weighted by molar-refractivity contribution is 5.34. The molecule has 0 aromatic carbocycles. The van der Waals surface area contributed by atoms with Gasteiger partial charge in [-0.1, -0.05) is 13.3 Å². The largest absolute Gasteiger partial charge is 0.473 e. The highest BCUT2D eigenvalue weighted by Gasteiger charge is 1.70. The molecule has 0 aliphatic heterocycles. The molecular formula is C5H10O3. The maximum absolute atomic E-state index is 8.24. The molecule has 0 bridgehead atoms. The molecular weight excluding hydrogens is 108 g/mol. The van der Waals surface area contributed by atoms with Gasteiger partial charge in [0.1, 0.15) is 0 Å². The van der Waals surface area contributed by atoms with E-state index in [0.717, 1.165) is 12.8 Å². The van der Waals surface area contributed by atoms with Crippen LogP contribution in [0.15, 0.2) is 0 Å². The van der Waals surface area contributed by atoms with Gasteiger partial charge in [0, 0.05) is 0 Å². The summed E-state index contributed by atoms with van der Waals surface area (Å²) < 4.78 is 0. The van der Waals surface area contributed by atoms with Gasteiger partial charge in [-0.25, -0.2) is 4.79 Å². The van der Waals surface area contributed by atoms with E-state index in [1.54, 1.807) is 0 Å². The molecule has 48 valence electrons. The van der Waals surface area contributed by atoms with Crippen molar-refractivity contribution in [3.8, 4) is 0 Å². The summed E-state index contributed by atoms with van der Waals surface area (Å²) in [5.74, 6) is 0. The monoisotopic (exact) mass is 118 g/mol. The van der Waals surface area contributed by atoms with Gasteiger partial charge < -0.3 is 10.2 Å². The molecule has 0 aromatic rings. The van der Waals surface area contributed by atoms with E-state index in [1.165, 1.54) is 6.61 Å². The lowest BCUT2D eigenvalue weighted by atomic mass is 10.4. The van der Waals surface area contributed by atoms with Crippen molar-refractivity contribution in [1.29, 1.82) is 0 Å². The van der Waals surface area contributed by atoms with Crippen molar-refractivity contribution in [1.82, 2.24) is 0 Å². The van der Waals surface area contributed by atoms with Crippen LogP contribution >= 0.6 is 0 Å². The number of hydrogen-bond donors (Lipinski definition) is 2. The van der Waals surface area contributed by atoms with Crippen LogP contribution < -0.4 is 0 Å². The Kier molecular flexibility index (Phi) is 21.0. The fourth-order valence-corrected chi connectivity index (χ4v) is 0.129. The van der Waals surface area contributed by atoms with Crippen molar-refractivity contribution in [2.45, 2.75) is 19.8 Å². The highest BCUT2D eigenvalue weighted by Crippen LogP contribution is 1.84. The second-order valence-corrected chi connectivity index (χ2v) is 1.06. The number of aliphatic hydroxyl groups excluding tert-OH is 2. The third kappa shape index (κ3) is 52.1. The zero-order chi connectivity index (χ0) is 6.83. The van der Waals surface area contributed by atoms with Crippen LogP contribution in [-0.4, -0.2) is 16.7 Å². The minimum Gasteiger partial charge on any atom is -0.473 e. The molecule has 0 spiro atoms. The number of rotatable bonds is 2. The van der Waals surface area contributed by atoms with Crippen molar-refractivity contribution >= 4 is 6.47 Å². The van der Waals surface area contributed by atoms with Gasteiger partial charge in [0.25, 0.3) is 0 Å². The molecule has 2 N–H and O–H groups in total. The number of aliphatic hydroxyl groups is 1. The predicted octanol–water partition coefficient (Wildman–Crippen LogP) is 0.932. The van der Waals surface area contributed by atoms with E-state index in [1.807, 2.05) is 6.92 Å². The zero-order valence-electron chi connectivity index (χ0n) is 4.79. The lowest BCUT2D eigenvalue weighted by Gasteiger charge is -1.78. The smallest absolute Gasteiger partial charge is 0.414 e. The molecule has 0 amide bonds.